The summed E-state index contributed by atoms with van der Waals surface area (Å²) in [5.41, 5.74) is 2.99. The lowest BCUT2D eigenvalue weighted by molar-refractivity contribution is 0.630. The molecule has 5 heteroatoms. The first kappa shape index (κ1) is 17.2. The van der Waals surface area contributed by atoms with E-state index in [1.54, 1.807) is 10.9 Å². The topological polar surface area (TPSA) is 39.3 Å². The van der Waals surface area contributed by atoms with E-state index in [9.17, 15) is 4.79 Å². The van der Waals surface area contributed by atoms with Crippen LogP contribution >= 0.6 is 15.9 Å². The molecule has 0 radical (unpaired) electrons. The highest BCUT2D eigenvalue weighted by Gasteiger charge is 2.14. The molecule has 0 unspecified atom stereocenters. The number of rotatable bonds is 4. The van der Waals surface area contributed by atoms with Crippen LogP contribution in [0.3, 0.4) is 0 Å². The minimum Gasteiger partial charge on any atom is -0.283 e. The van der Waals surface area contributed by atoms with Crippen LogP contribution in [0.5, 0.6) is 0 Å². The number of benzene rings is 2. The van der Waals surface area contributed by atoms with Gasteiger partial charge in [0.25, 0.3) is 5.56 Å². The molecule has 1 aromatic heterocycles. The quantitative estimate of drug-likeness (QED) is 0.593. The lowest BCUT2D eigenvalue weighted by Gasteiger charge is -2.07. The van der Waals surface area contributed by atoms with Gasteiger partial charge in [0.05, 0.1) is 11.4 Å². The van der Waals surface area contributed by atoms with E-state index in [0.717, 1.165) is 21.4 Å². The van der Waals surface area contributed by atoms with Crippen LogP contribution in [0.25, 0.3) is 11.8 Å². The number of halogens is 1. The third kappa shape index (κ3) is 3.72. The molecule has 0 amide bonds. The van der Waals surface area contributed by atoms with Gasteiger partial charge < -0.3 is 0 Å². The molecule has 0 aliphatic rings. The van der Waals surface area contributed by atoms with Crippen molar-refractivity contribution >= 4 is 33.9 Å². The van der Waals surface area contributed by atoms with Crippen molar-refractivity contribution in [3.8, 4) is 5.69 Å². The zero-order chi connectivity index (χ0) is 17.8. The fraction of sp³-hybridized carbons (Fsp3) is 0.100. The van der Waals surface area contributed by atoms with Gasteiger partial charge in [-0.1, -0.05) is 48.5 Å². The first-order valence-corrected chi connectivity index (χ1v) is 8.67. The highest BCUT2D eigenvalue weighted by atomic mass is 79.9. The van der Waals surface area contributed by atoms with Crippen molar-refractivity contribution in [2.75, 3.05) is 0 Å². The summed E-state index contributed by atoms with van der Waals surface area (Å²) < 4.78 is 4.24. The highest BCUT2D eigenvalue weighted by Crippen LogP contribution is 2.18. The molecular formula is C20H18BrN3O. The zero-order valence-corrected chi connectivity index (χ0v) is 15.6. The molecule has 0 N–H and O–H groups in total. The summed E-state index contributed by atoms with van der Waals surface area (Å²) in [6.07, 6.45) is 3.61. The molecule has 1 heterocycles. The van der Waals surface area contributed by atoms with Gasteiger partial charge in [0.2, 0.25) is 0 Å². The number of nitrogens with zero attached hydrogens (tertiary/aromatic N) is 3. The van der Waals surface area contributed by atoms with Crippen LogP contribution in [0.1, 0.15) is 11.3 Å². The monoisotopic (exact) mass is 395 g/mol. The maximum Gasteiger partial charge on any atom is 0.297 e. The second-order valence-electron chi connectivity index (χ2n) is 5.61. The predicted molar refractivity (Wildman–Crippen MR) is 107 cm³/mol. The van der Waals surface area contributed by atoms with E-state index in [2.05, 4.69) is 20.9 Å². The first-order valence-electron chi connectivity index (χ1n) is 7.88. The van der Waals surface area contributed by atoms with E-state index >= 15 is 0 Å². The Morgan fingerprint density at radius 3 is 2.28 bits per heavy atom. The standard InChI is InChI=1S/C20H18BrN3O/c1-15-19(22-14-17(21)13-16-9-5-3-6-10-16)20(25)24(23(15)2)18-11-7-4-8-12-18/h3-14H,1-2H3. The van der Waals surface area contributed by atoms with E-state index in [4.69, 9.17) is 0 Å². The van der Waals surface area contributed by atoms with Gasteiger partial charge in [-0.2, -0.15) is 0 Å². The smallest absolute Gasteiger partial charge is 0.283 e. The van der Waals surface area contributed by atoms with Gasteiger partial charge in [0, 0.05) is 17.7 Å². The van der Waals surface area contributed by atoms with Gasteiger partial charge in [0.15, 0.2) is 5.69 Å². The summed E-state index contributed by atoms with van der Waals surface area (Å²) in [5, 5.41) is 0. The van der Waals surface area contributed by atoms with Gasteiger partial charge >= 0.3 is 0 Å². The minimum atomic E-state index is -0.137. The fourth-order valence-electron chi connectivity index (χ4n) is 2.57. The summed E-state index contributed by atoms with van der Waals surface area (Å²) in [7, 11) is 1.86. The molecule has 25 heavy (non-hydrogen) atoms. The number of para-hydroxylation sites is 1. The molecule has 0 saturated heterocycles. The Labute approximate surface area is 154 Å². The molecule has 3 aromatic rings. The molecule has 0 saturated carbocycles. The molecule has 0 spiro atoms. The van der Waals surface area contributed by atoms with Crippen molar-refractivity contribution in [2.24, 2.45) is 12.0 Å². The first-order chi connectivity index (χ1) is 12.1. The van der Waals surface area contributed by atoms with Crippen molar-refractivity contribution in [2.45, 2.75) is 6.92 Å². The summed E-state index contributed by atoms with van der Waals surface area (Å²) in [6, 6.07) is 19.5. The van der Waals surface area contributed by atoms with E-state index in [1.807, 2.05) is 85.4 Å². The zero-order valence-electron chi connectivity index (χ0n) is 14.1. The Kier molecular flexibility index (Phi) is 5.14. The van der Waals surface area contributed by atoms with Crippen LogP contribution in [0.4, 0.5) is 5.69 Å². The van der Waals surface area contributed by atoms with Gasteiger partial charge in [-0.3, -0.25) is 9.48 Å². The Hall–Kier alpha value is -2.66. The Morgan fingerprint density at radius 1 is 1.04 bits per heavy atom. The fourth-order valence-corrected chi connectivity index (χ4v) is 2.94. The number of aliphatic imine (C=N–C) groups is 1. The number of hydrogen-bond acceptors (Lipinski definition) is 2. The van der Waals surface area contributed by atoms with Crippen molar-refractivity contribution < 1.29 is 0 Å². The maximum absolute atomic E-state index is 12.8. The third-order valence-corrected chi connectivity index (χ3v) is 4.38. The molecule has 3 rings (SSSR count). The SMILES string of the molecule is Cc1c(N=CC(Br)=Cc2ccccc2)c(=O)n(-c2ccccc2)n1C. The second-order valence-corrected chi connectivity index (χ2v) is 6.52. The van der Waals surface area contributed by atoms with Gasteiger partial charge in [-0.15, -0.1) is 0 Å². The van der Waals surface area contributed by atoms with Crippen LogP contribution in [0, 0.1) is 6.92 Å². The molecule has 4 nitrogen and oxygen atoms in total. The average Bonchev–Trinajstić information content (AvgIpc) is 2.84. The van der Waals surface area contributed by atoms with Crippen molar-refractivity contribution in [3.05, 3.63) is 86.8 Å². The van der Waals surface area contributed by atoms with E-state index in [-0.39, 0.29) is 5.56 Å². The minimum absolute atomic E-state index is 0.137. The molecular weight excluding hydrogens is 378 g/mol. The summed E-state index contributed by atoms with van der Waals surface area (Å²) in [4.78, 5) is 17.2. The highest BCUT2D eigenvalue weighted by molar-refractivity contribution is 9.12. The molecule has 0 atom stereocenters. The van der Waals surface area contributed by atoms with Crippen LogP contribution in [0.2, 0.25) is 0 Å². The molecule has 0 bridgehead atoms. The molecule has 2 aromatic carbocycles. The van der Waals surface area contributed by atoms with Crippen molar-refractivity contribution in [1.29, 1.82) is 0 Å². The van der Waals surface area contributed by atoms with Crippen molar-refractivity contribution in [3.63, 3.8) is 0 Å². The van der Waals surface area contributed by atoms with Crippen LogP contribution in [-0.4, -0.2) is 15.6 Å². The largest absolute Gasteiger partial charge is 0.297 e. The van der Waals surface area contributed by atoms with E-state index in [1.165, 1.54) is 0 Å². The Morgan fingerprint density at radius 2 is 1.64 bits per heavy atom. The second kappa shape index (κ2) is 7.49. The van der Waals surface area contributed by atoms with Crippen LogP contribution in [-0.2, 0) is 7.05 Å². The molecule has 0 aliphatic heterocycles. The molecule has 0 fully saturated rings. The molecule has 126 valence electrons. The summed E-state index contributed by atoms with van der Waals surface area (Å²) in [6.45, 7) is 1.89. The normalized spacial score (nSPS) is 12.0. The van der Waals surface area contributed by atoms with Gasteiger partial charge in [-0.25, -0.2) is 9.67 Å². The lowest BCUT2D eigenvalue weighted by Crippen LogP contribution is -2.19. The van der Waals surface area contributed by atoms with Crippen LogP contribution < -0.4 is 5.56 Å². The number of allylic oxidation sites excluding steroid dienone is 1. The summed E-state index contributed by atoms with van der Waals surface area (Å²) >= 11 is 3.49. The van der Waals surface area contributed by atoms with Gasteiger partial charge in [0.1, 0.15) is 0 Å². The third-order valence-electron chi connectivity index (χ3n) is 3.94. The van der Waals surface area contributed by atoms with Gasteiger partial charge in [-0.05, 0) is 46.6 Å². The molecule has 0 aliphatic carbocycles. The number of aromatic nitrogens is 2. The Balaban J connectivity index is 1.96. The van der Waals surface area contributed by atoms with Crippen molar-refractivity contribution in [1.82, 2.24) is 9.36 Å². The van der Waals surface area contributed by atoms with E-state index < -0.39 is 0 Å². The van der Waals surface area contributed by atoms with Crippen LogP contribution in [0.15, 0.2) is 74.9 Å². The predicted octanol–water partition coefficient (Wildman–Crippen LogP) is 4.62. The maximum atomic E-state index is 12.8. The van der Waals surface area contributed by atoms with E-state index in [0.29, 0.717) is 5.69 Å². The lowest BCUT2D eigenvalue weighted by atomic mass is 10.2. The summed E-state index contributed by atoms with van der Waals surface area (Å²) in [5.74, 6) is 0. The number of hydrogen-bond donors (Lipinski definition) is 0. The Bertz CT molecular complexity index is 983. The average molecular weight is 396 g/mol.